The molecule has 0 heterocycles. The Morgan fingerprint density at radius 3 is 2.05 bits per heavy atom. The molecule has 0 aliphatic heterocycles. The van der Waals surface area contributed by atoms with Crippen LogP contribution in [0.15, 0.2) is 12.1 Å². The average molecular weight is 284 g/mol. The molecule has 0 bridgehead atoms. The Bertz CT molecular complexity index is 418. The summed E-state index contributed by atoms with van der Waals surface area (Å²) in [6.07, 6.45) is 0.893. The molecular weight excluding hydrogens is 264 g/mol. The van der Waals surface area contributed by atoms with E-state index in [1.165, 1.54) is 14.2 Å². The molecule has 112 valence electrons. The molecule has 0 aromatic heterocycles. The minimum Gasteiger partial charge on any atom is -0.493 e. The van der Waals surface area contributed by atoms with Crippen LogP contribution in [-0.2, 0) is 9.53 Å². The van der Waals surface area contributed by atoms with Gasteiger partial charge in [-0.25, -0.2) is 0 Å². The summed E-state index contributed by atoms with van der Waals surface area (Å²) in [6.45, 7) is 0.397. The molecule has 0 saturated heterocycles. The molecule has 0 N–H and O–H groups in total. The van der Waals surface area contributed by atoms with E-state index in [1.807, 2.05) is 0 Å². The van der Waals surface area contributed by atoms with Crippen LogP contribution in [0.3, 0.4) is 0 Å². The highest BCUT2D eigenvalue weighted by atomic mass is 16.5. The Kier molecular flexibility index (Phi) is 6.49. The average Bonchev–Trinajstić information content (AvgIpc) is 2.49. The van der Waals surface area contributed by atoms with Crippen LogP contribution in [-0.4, -0.2) is 41.0 Å². The maximum atomic E-state index is 11.0. The van der Waals surface area contributed by atoms with Crippen molar-refractivity contribution in [1.29, 1.82) is 0 Å². The van der Waals surface area contributed by atoms with Crippen molar-refractivity contribution in [3.8, 4) is 23.0 Å². The molecule has 6 nitrogen and oxygen atoms in total. The minimum atomic E-state index is -0.251. The Morgan fingerprint density at radius 2 is 1.60 bits per heavy atom. The SMILES string of the molecule is COC(=O)CCCOc1cc(OC)c(OC)c(OC)c1. The Morgan fingerprint density at radius 1 is 1.00 bits per heavy atom. The van der Waals surface area contributed by atoms with Crippen molar-refractivity contribution in [2.45, 2.75) is 12.8 Å². The molecule has 0 radical (unpaired) electrons. The predicted molar refractivity (Wildman–Crippen MR) is 72.8 cm³/mol. The highest BCUT2D eigenvalue weighted by Crippen LogP contribution is 2.40. The number of benzene rings is 1. The summed E-state index contributed by atoms with van der Waals surface area (Å²) >= 11 is 0. The first-order valence-electron chi connectivity index (χ1n) is 6.15. The lowest BCUT2D eigenvalue weighted by molar-refractivity contribution is -0.140. The van der Waals surface area contributed by atoms with Gasteiger partial charge in [-0.3, -0.25) is 4.79 Å². The third kappa shape index (κ3) is 4.22. The van der Waals surface area contributed by atoms with Crippen LogP contribution < -0.4 is 18.9 Å². The first-order valence-corrected chi connectivity index (χ1v) is 6.15. The maximum absolute atomic E-state index is 11.0. The number of carbonyl (C=O) groups excluding carboxylic acids is 1. The fourth-order valence-corrected chi connectivity index (χ4v) is 1.65. The number of hydrogen-bond donors (Lipinski definition) is 0. The molecule has 1 aromatic carbocycles. The fraction of sp³-hybridized carbons (Fsp3) is 0.500. The van der Waals surface area contributed by atoms with Crippen molar-refractivity contribution in [3.63, 3.8) is 0 Å². The van der Waals surface area contributed by atoms with Gasteiger partial charge in [0.15, 0.2) is 11.5 Å². The van der Waals surface area contributed by atoms with E-state index in [9.17, 15) is 4.79 Å². The highest BCUT2D eigenvalue weighted by molar-refractivity contribution is 5.69. The van der Waals surface area contributed by atoms with Crippen LogP contribution in [0.25, 0.3) is 0 Å². The van der Waals surface area contributed by atoms with Crippen molar-refractivity contribution in [1.82, 2.24) is 0 Å². The molecule has 6 heteroatoms. The summed E-state index contributed by atoms with van der Waals surface area (Å²) in [4.78, 5) is 11.0. The first-order chi connectivity index (χ1) is 9.65. The largest absolute Gasteiger partial charge is 0.493 e. The molecule has 0 fully saturated rings. The minimum absolute atomic E-state index is 0.251. The summed E-state index contributed by atoms with van der Waals surface area (Å²) < 4.78 is 25.8. The van der Waals surface area contributed by atoms with Gasteiger partial charge in [0.05, 0.1) is 35.0 Å². The lowest BCUT2D eigenvalue weighted by Crippen LogP contribution is -2.05. The first kappa shape index (κ1) is 15.9. The number of carbonyl (C=O) groups is 1. The molecular formula is C14H20O6. The van der Waals surface area contributed by atoms with Gasteiger partial charge in [0.25, 0.3) is 0 Å². The van der Waals surface area contributed by atoms with Gasteiger partial charge in [-0.05, 0) is 6.42 Å². The van der Waals surface area contributed by atoms with Gasteiger partial charge in [-0.15, -0.1) is 0 Å². The fourth-order valence-electron chi connectivity index (χ4n) is 1.65. The maximum Gasteiger partial charge on any atom is 0.305 e. The third-order valence-electron chi connectivity index (χ3n) is 2.66. The molecule has 1 rings (SSSR count). The van der Waals surface area contributed by atoms with E-state index in [0.29, 0.717) is 42.4 Å². The molecule has 0 atom stereocenters. The van der Waals surface area contributed by atoms with Gasteiger partial charge in [0.2, 0.25) is 5.75 Å². The third-order valence-corrected chi connectivity index (χ3v) is 2.66. The summed E-state index contributed by atoms with van der Waals surface area (Å²) in [7, 11) is 5.98. The van der Waals surface area contributed by atoms with E-state index in [2.05, 4.69) is 4.74 Å². The zero-order valence-corrected chi connectivity index (χ0v) is 12.2. The Labute approximate surface area is 118 Å². The lowest BCUT2D eigenvalue weighted by atomic mass is 10.2. The quantitative estimate of drug-likeness (QED) is 0.538. The van der Waals surface area contributed by atoms with Crippen LogP contribution in [0.5, 0.6) is 23.0 Å². The summed E-state index contributed by atoms with van der Waals surface area (Å²) in [6, 6.07) is 3.42. The number of rotatable bonds is 8. The van der Waals surface area contributed by atoms with Crippen molar-refractivity contribution in [3.05, 3.63) is 12.1 Å². The Balaban J connectivity index is 2.68. The van der Waals surface area contributed by atoms with Gasteiger partial charge in [-0.2, -0.15) is 0 Å². The molecule has 0 aliphatic rings. The monoisotopic (exact) mass is 284 g/mol. The molecule has 0 aliphatic carbocycles. The Hall–Kier alpha value is -2.11. The van der Waals surface area contributed by atoms with Gasteiger partial charge < -0.3 is 23.7 Å². The molecule has 0 unspecified atom stereocenters. The van der Waals surface area contributed by atoms with E-state index in [1.54, 1.807) is 26.4 Å². The van der Waals surface area contributed by atoms with Crippen molar-refractivity contribution < 1.29 is 28.5 Å². The predicted octanol–water partition coefficient (Wildman–Crippen LogP) is 2.04. The van der Waals surface area contributed by atoms with Crippen LogP contribution in [0.4, 0.5) is 0 Å². The summed E-state index contributed by atoms with van der Waals surface area (Å²) in [5.74, 6) is 1.89. The highest BCUT2D eigenvalue weighted by Gasteiger charge is 2.13. The second-order valence-corrected chi connectivity index (χ2v) is 3.89. The van der Waals surface area contributed by atoms with Crippen LogP contribution in [0, 0.1) is 0 Å². The van der Waals surface area contributed by atoms with E-state index in [-0.39, 0.29) is 5.97 Å². The number of ether oxygens (including phenoxy) is 5. The summed E-state index contributed by atoms with van der Waals surface area (Å²) in [5.41, 5.74) is 0. The van der Waals surface area contributed by atoms with Gasteiger partial charge in [0.1, 0.15) is 5.75 Å². The van der Waals surface area contributed by atoms with Crippen LogP contribution in [0.1, 0.15) is 12.8 Å². The summed E-state index contributed by atoms with van der Waals surface area (Å²) in [5, 5.41) is 0. The van der Waals surface area contributed by atoms with E-state index < -0.39 is 0 Å². The molecule has 0 saturated carbocycles. The van der Waals surface area contributed by atoms with Gasteiger partial charge in [0, 0.05) is 18.6 Å². The molecule has 0 spiro atoms. The zero-order valence-electron chi connectivity index (χ0n) is 12.2. The topological polar surface area (TPSA) is 63.2 Å². The zero-order chi connectivity index (χ0) is 15.0. The molecule has 20 heavy (non-hydrogen) atoms. The standard InChI is InChI=1S/C14H20O6/c1-16-11-8-10(9-12(17-2)14(11)19-4)20-7-5-6-13(15)18-3/h8-9H,5-7H2,1-4H3. The second kappa shape index (κ2) is 8.14. The number of esters is 1. The van der Waals surface area contributed by atoms with E-state index in [4.69, 9.17) is 18.9 Å². The smallest absolute Gasteiger partial charge is 0.305 e. The van der Waals surface area contributed by atoms with Crippen LogP contribution >= 0.6 is 0 Å². The van der Waals surface area contributed by atoms with Crippen molar-refractivity contribution in [2.24, 2.45) is 0 Å². The molecule has 1 aromatic rings. The normalized spacial score (nSPS) is 9.80. The van der Waals surface area contributed by atoms with Crippen molar-refractivity contribution in [2.75, 3.05) is 35.0 Å². The number of hydrogen-bond acceptors (Lipinski definition) is 6. The lowest BCUT2D eigenvalue weighted by Gasteiger charge is -2.14. The van der Waals surface area contributed by atoms with E-state index in [0.717, 1.165) is 0 Å². The van der Waals surface area contributed by atoms with Gasteiger partial charge >= 0.3 is 5.97 Å². The van der Waals surface area contributed by atoms with Gasteiger partial charge in [-0.1, -0.05) is 0 Å². The van der Waals surface area contributed by atoms with E-state index >= 15 is 0 Å². The van der Waals surface area contributed by atoms with Crippen molar-refractivity contribution >= 4 is 5.97 Å². The second-order valence-electron chi connectivity index (χ2n) is 3.89. The molecule has 0 amide bonds. The van der Waals surface area contributed by atoms with Crippen LogP contribution in [0.2, 0.25) is 0 Å². The number of methoxy groups -OCH3 is 4.